The molecule has 0 amide bonds. The standard InChI is InChI=1S/C17H15NO2S2/c19-22(20,17-12-7-13-21-17)18(16-10-5-2-6-11-16)14-15-8-3-1-4-9-15/h1-13H,14H2. The van der Waals surface area contributed by atoms with Crippen LogP contribution in [-0.4, -0.2) is 8.42 Å². The van der Waals surface area contributed by atoms with E-state index in [-0.39, 0.29) is 0 Å². The third-order valence-electron chi connectivity index (χ3n) is 3.25. The van der Waals surface area contributed by atoms with Crippen LogP contribution in [0.3, 0.4) is 0 Å². The quantitative estimate of drug-likeness (QED) is 0.705. The first-order valence-electron chi connectivity index (χ1n) is 6.83. The Morgan fingerprint density at radius 2 is 1.45 bits per heavy atom. The summed E-state index contributed by atoms with van der Waals surface area (Å²) in [6.45, 7) is 0.311. The number of hydrogen-bond acceptors (Lipinski definition) is 3. The molecule has 0 fully saturated rings. The number of anilines is 1. The molecule has 5 heteroatoms. The van der Waals surface area contributed by atoms with Crippen LogP contribution in [0.15, 0.2) is 82.4 Å². The van der Waals surface area contributed by atoms with Gasteiger partial charge in [-0.1, -0.05) is 54.6 Å². The van der Waals surface area contributed by atoms with E-state index >= 15 is 0 Å². The number of sulfonamides is 1. The van der Waals surface area contributed by atoms with E-state index in [1.165, 1.54) is 15.6 Å². The van der Waals surface area contributed by atoms with E-state index < -0.39 is 10.0 Å². The van der Waals surface area contributed by atoms with Crippen LogP contribution in [0.25, 0.3) is 0 Å². The lowest BCUT2D eigenvalue weighted by atomic mass is 10.2. The molecule has 1 aromatic heterocycles. The van der Waals surface area contributed by atoms with E-state index in [0.29, 0.717) is 16.4 Å². The third-order valence-corrected chi connectivity index (χ3v) is 6.40. The van der Waals surface area contributed by atoms with Gasteiger partial charge in [-0.25, -0.2) is 8.42 Å². The summed E-state index contributed by atoms with van der Waals surface area (Å²) in [5, 5.41) is 1.78. The predicted molar refractivity (Wildman–Crippen MR) is 90.6 cm³/mol. The first kappa shape index (κ1) is 14.8. The van der Waals surface area contributed by atoms with Crippen molar-refractivity contribution in [3.8, 4) is 0 Å². The van der Waals surface area contributed by atoms with Crippen LogP contribution >= 0.6 is 11.3 Å². The molecule has 0 N–H and O–H groups in total. The van der Waals surface area contributed by atoms with Crippen molar-refractivity contribution < 1.29 is 8.42 Å². The normalized spacial score (nSPS) is 11.3. The summed E-state index contributed by atoms with van der Waals surface area (Å²) in [5.74, 6) is 0. The summed E-state index contributed by atoms with van der Waals surface area (Å²) in [4.78, 5) is 0. The summed E-state index contributed by atoms with van der Waals surface area (Å²) < 4.78 is 27.7. The zero-order chi connectivity index (χ0) is 15.4. The van der Waals surface area contributed by atoms with E-state index in [1.807, 2.05) is 60.7 Å². The maximum atomic E-state index is 12.9. The molecule has 1 heterocycles. The fraction of sp³-hybridized carbons (Fsp3) is 0.0588. The Labute approximate surface area is 134 Å². The first-order chi connectivity index (χ1) is 10.7. The van der Waals surface area contributed by atoms with Gasteiger partial charge in [0.1, 0.15) is 4.21 Å². The van der Waals surface area contributed by atoms with Gasteiger partial charge in [-0.05, 0) is 29.1 Å². The average molecular weight is 329 g/mol. The minimum Gasteiger partial charge on any atom is -0.261 e. The fourth-order valence-electron chi connectivity index (χ4n) is 2.18. The smallest absolute Gasteiger partial charge is 0.261 e. The molecule has 0 spiro atoms. The van der Waals surface area contributed by atoms with Gasteiger partial charge >= 0.3 is 0 Å². The minimum absolute atomic E-state index is 0.311. The number of nitrogens with zero attached hydrogens (tertiary/aromatic N) is 1. The molecule has 0 saturated carbocycles. The van der Waals surface area contributed by atoms with Crippen molar-refractivity contribution in [2.45, 2.75) is 10.8 Å². The van der Waals surface area contributed by atoms with Gasteiger partial charge in [-0.3, -0.25) is 4.31 Å². The zero-order valence-corrected chi connectivity index (χ0v) is 13.4. The van der Waals surface area contributed by atoms with Crippen molar-refractivity contribution in [3.05, 3.63) is 83.7 Å². The van der Waals surface area contributed by atoms with Gasteiger partial charge < -0.3 is 0 Å². The highest BCUT2D eigenvalue weighted by molar-refractivity contribution is 7.94. The van der Waals surface area contributed by atoms with Crippen molar-refractivity contribution in [2.24, 2.45) is 0 Å². The van der Waals surface area contributed by atoms with Crippen LogP contribution in [0.5, 0.6) is 0 Å². The van der Waals surface area contributed by atoms with Crippen LogP contribution in [0, 0.1) is 0 Å². The van der Waals surface area contributed by atoms with E-state index in [9.17, 15) is 8.42 Å². The van der Waals surface area contributed by atoms with Crippen LogP contribution in [0.2, 0.25) is 0 Å². The first-order valence-corrected chi connectivity index (χ1v) is 9.15. The van der Waals surface area contributed by atoms with Crippen molar-refractivity contribution in [3.63, 3.8) is 0 Å². The fourth-order valence-corrected chi connectivity index (χ4v) is 4.73. The van der Waals surface area contributed by atoms with Crippen molar-refractivity contribution in [1.82, 2.24) is 0 Å². The molecule has 22 heavy (non-hydrogen) atoms. The zero-order valence-electron chi connectivity index (χ0n) is 11.8. The van der Waals surface area contributed by atoms with Crippen molar-refractivity contribution in [2.75, 3.05) is 4.31 Å². The van der Waals surface area contributed by atoms with Crippen molar-refractivity contribution >= 4 is 27.0 Å². The van der Waals surface area contributed by atoms with Gasteiger partial charge in [0.05, 0.1) is 12.2 Å². The SMILES string of the molecule is O=S(=O)(c1cccs1)N(Cc1ccccc1)c1ccccc1. The Bertz CT molecular complexity index is 814. The maximum absolute atomic E-state index is 12.9. The highest BCUT2D eigenvalue weighted by Crippen LogP contribution is 2.28. The Morgan fingerprint density at radius 3 is 2.05 bits per heavy atom. The average Bonchev–Trinajstić information content (AvgIpc) is 3.10. The number of thiophene rings is 1. The lowest BCUT2D eigenvalue weighted by Gasteiger charge is -2.23. The monoisotopic (exact) mass is 329 g/mol. The highest BCUT2D eigenvalue weighted by Gasteiger charge is 2.25. The topological polar surface area (TPSA) is 37.4 Å². The molecule has 0 saturated heterocycles. The third kappa shape index (κ3) is 3.05. The molecule has 3 nitrogen and oxygen atoms in total. The second-order valence-corrected chi connectivity index (χ2v) is 7.80. The lowest BCUT2D eigenvalue weighted by molar-refractivity contribution is 0.592. The summed E-state index contributed by atoms with van der Waals surface area (Å²) in [6.07, 6.45) is 0. The van der Waals surface area contributed by atoms with Crippen molar-refractivity contribution in [1.29, 1.82) is 0 Å². The molecular weight excluding hydrogens is 314 g/mol. The lowest BCUT2D eigenvalue weighted by Crippen LogP contribution is -2.29. The molecule has 3 rings (SSSR count). The maximum Gasteiger partial charge on any atom is 0.274 e. The van der Waals surface area contributed by atoms with Crippen LogP contribution in [0.4, 0.5) is 5.69 Å². The van der Waals surface area contributed by atoms with Gasteiger partial charge in [-0.15, -0.1) is 11.3 Å². The molecular formula is C17H15NO2S2. The Balaban J connectivity index is 2.04. The Hall–Kier alpha value is -2.11. The summed E-state index contributed by atoms with van der Waals surface area (Å²) in [5.41, 5.74) is 1.62. The van der Waals surface area contributed by atoms with E-state index in [2.05, 4.69) is 0 Å². The van der Waals surface area contributed by atoms with E-state index in [0.717, 1.165) is 5.56 Å². The van der Waals surface area contributed by atoms with Gasteiger partial charge in [0.15, 0.2) is 0 Å². The highest BCUT2D eigenvalue weighted by atomic mass is 32.2. The summed E-state index contributed by atoms with van der Waals surface area (Å²) in [7, 11) is -3.56. The molecule has 0 aliphatic carbocycles. The summed E-state index contributed by atoms with van der Waals surface area (Å²) >= 11 is 1.23. The van der Waals surface area contributed by atoms with Crippen LogP contribution in [-0.2, 0) is 16.6 Å². The Kier molecular flexibility index (Phi) is 4.27. The molecule has 112 valence electrons. The van der Waals surface area contributed by atoms with Gasteiger partial charge in [0.2, 0.25) is 0 Å². The van der Waals surface area contributed by atoms with Crippen LogP contribution < -0.4 is 4.31 Å². The molecule has 0 aliphatic rings. The number of para-hydroxylation sites is 1. The molecule has 2 aromatic carbocycles. The van der Waals surface area contributed by atoms with Crippen LogP contribution in [0.1, 0.15) is 5.56 Å². The molecule has 0 bridgehead atoms. The largest absolute Gasteiger partial charge is 0.274 e. The number of benzene rings is 2. The summed E-state index contributed by atoms with van der Waals surface area (Å²) in [6, 6.07) is 22.2. The number of hydrogen-bond donors (Lipinski definition) is 0. The second kappa shape index (κ2) is 6.34. The minimum atomic E-state index is -3.56. The van der Waals surface area contributed by atoms with Gasteiger partial charge in [0, 0.05) is 0 Å². The van der Waals surface area contributed by atoms with Gasteiger partial charge in [0.25, 0.3) is 10.0 Å². The molecule has 0 aliphatic heterocycles. The number of rotatable bonds is 5. The predicted octanol–water partition coefficient (Wildman–Crippen LogP) is 4.14. The second-order valence-electron chi connectivity index (χ2n) is 4.76. The molecule has 0 atom stereocenters. The van der Waals surface area contributed by atoms with E-state index in [4.69, 9.17) is 0 Å². The molecule has 0 radical (unpaired) electrons. The molecule has 3 aromatic rings. The van der Waals surface area contributed by atoms with Gasteiger partial charge in [-0.2, -0.15) is 0 Å². The Morgan fingerprint density at radius 1 is 0.818 bits per heavy atom. The molecule has 0 unspecified atom stereocenters. The van der Waals surface area contributed by atoms with E-state index in [1.54, 1.807) is 17.5 Å².